The first-order valence-electron chi connectivity index (χ1n) is 4.63. The molecule has 0 spiro atoms. The lowest BCUT2D eigenvalue weighted by Crippen LogP contribution is -2.23. The van der Waals surface area contributed by atoms with Crippen molar-refractivity contribution in [3.05, 3.63) is 0 Å². The maximum atomic E-state index is 8.93. The van der Waals surface area contributed by atoms with Gasteiger partial charge in [-0.05, 0) is 36.5 Å². The lowest BCUT2D eigenvalue weighted by molar-refractivity contribution is 0.231. The molecule has 0 N–H and O–H groups in total. The zero-order chi connectivity index (χ0) is 8.01. The third kappa shape index (κ3) is 0.819. The maximum Gasteiger partial charge on any atom is 0.0661 e. The molecule has 0 amide bonds. The normalized spacial score (nSPS) is 54.5. The van der Waals surface area contributed by atoms with E-state index >= 15 is 0 Å². The SMILES string of the molecule is C[C@@H]1[C@H]2C[C@H]([C@H]1C#N)[C@@H](C)C2. The Kier molecular flexibility index (Phi) is 1.45. The second kappa shape index (κ2) is 2.24. The molecule has 2 saturated carbocycles. The van der Waals surface area contributed by atoms with Gasteiger partial charge < -0.3 is 0 Å². The van der Waals surface area contributed by atoms with Gasteiger partial charge in [0.2, 0.25) is 0 Å². The van der Waals surface area contributed by atoms with Gasteiger partial charge in [0.15, 0.2) is 0 Å². The van der Waals surface area contributed by atoms with Crippen LogP contribution in [0.15, 0.2) is 0 Å². The summed E-state index contributed by atoms with van der Waals surface area (Å²) in [5.74, 6) is 3.49. The molecule has 0 unspecified atom stereocenters. The van der Waals surface area contributed by atoms with Crippen LogP contribution in [0.1, 0.15) is 26.7 Å². The molecule has 60 valence electrons. The lowest BCUT2D eigenvalue weighted by atomic mass is 9.76. The van der Waals surface area contributed by atoms with Crippen LogP contribution in [0.25, 0.3) is 0 Å². The van der Waals surface area contributed by atoms with Gasteiger partial charge in [-0.25, -0.2) is 0 Å². The van der Waals surface area contributed by atoms with Crippen molar-refractivity contribution < 1.29 is 0 Å². The average Bonchev–Trinajstić information content (AvgIpc) is 2.45. The van der Waals surface area contributed by atoms with Crippen LogP contribution in [0.2, 0.25) is 0 Å². The Hall–Kier alpha value is -0.510. The van der Waals surface area contributed by atoms with Crippen LogP contribution in [0.3, 0.4) is 0 Å². The summed E-state index contributed by atoms with van der Waals surface area (Å²) in [5.41, 5.74) is 0. The van der Waals surface area contributed by atoms with E-state index in [0.29, 0.717) is 11.8 Å². The summed E-state index contributed by atoms with van der Waals surface area (Å²) in [6.07, 6.45) is 2.71. The second-order valence-corrected chi connectivity index (χ2v) is 4.39. The van der Waals surface area contributed by atoms with E-state index in [0.717, 1.165) is 17.8 Å². The fourth-order valence-electron chi connectivity index (χ4n) is 3.16. The fraction of sp³-hybridized carbons (Fsp3) is 0.900. The summed E-state index contributed by atoms with van der Waals surface area (Å²) in [6.45, 7) is 4.56. The Morgan fingerprint density at radius 1 is 1.27 bits per heavy atom. The molecule has 0 aliphatic heterocycles. The highest BCUT2D eigenvalue weighted by Crippen LogP contribution is 2.54. The number of fused-ring (bicyclic) bond motifs is 2. The molecule has 0 aromatic rings. The molecule has 0 heterocycles. The largest absolute Gasteiger partial charge is 0.198 e. The molecular formula is C10H15N. The van der Waals surface area contributed by atoms with Crippen molar-refractivity contribution in [2.75, 3.05) is 0 Å². The van der Waals surface area contributed by atoms with E-state index in [-0.39, 0.29) is 0 Å². The third-order valence-corrected chi connectivity index (χ3v) is 3.90. The van der Waals surface area contributed by atoms with E-state index in [4.69, 9.17) is 5.26 Å². The Morgan fingerprint density at radius 2 is 2.00 bits per heavy atom. The van der Waals surface area contributed by atoms with Crippen molar-refractivity contribution in [2.24, 2.45) is 29.6 Å². The van der Waals surface area contributed by atoms with Crippen LogP contribution in [0.4, 0.5) is 0 Å². The van der Waals surface area contributed by atoms with Crippen molar-refractivity contribution in [1.82, 2.24) is 0 Å². The highest BCUT2D eigenvalue weighted by Gasteiger charge is 2.48. The summed E-state index contributed by atoms with van der Waals surface area (Å²) in [4.78, 5) is 0. The summed E-state index contributed by atoms with van der Waals surface area (Å²) in [5, 5.41) is 8.93. The molecule has 11 heavy (non-hydrogen) atoms. The topological polar surface area (TPSA) is 23.8 Å². The molecule has 2 aliphatic carbocycles. The minimum atomic E-state index is 0.378. The average molecular weight is 149 g/mol. The zero-order valence-electron chi connectivity index (χ0n) is 7.25. The van der Waals surface area contributed by atoms with Crippen molar-refractivity contribution in [2.45, 2.75) is 26.7 Å². The van der Waals surface area contributed by atoms with E-state index in [1.165, 1.54) is 12.8 Å². The van der Waals surface area contributed by atoms with Gasteiger partial charge in [-0.2, -0.15) is 5.26 Å². The van der Waals surface area contributed by atoms with E-state index in [1.807, 2.05) is 0 Å². The molecule has 0 saturated heterocycles. The van der Waals surface area contributed by atoms with Crippen LogP contribution in [0.5, 0.6) is 0 Å². The lowest BCUT2D eigenvalue weighted by Gasteiger charge is -2.27. The number of hydrogen-bond donors (Lipinski definition) is 0. The van der Waals surface area contributed by atoms with Gasteiger partial charge in [0.25, 0.3) is 0 Å². The second-order valence-electron chi connectivity index (χ2n) is 4.39. The van der Waals surface area contributed by atoms with Crippen molar-refractivity contribution in [1.29, 1.82) is 5.26 Å². The van der Waals surface area contributed by atoms with Crippen molar-refractivity contribution >= 4 is 0 Å². The minimum absolute atomic E-state index is 0.378. The first-order chi connectivity index (χ1) is 5.24. The van der Waals surface area contributed by atoms with E-state index in [9.17, 15) is 0 Å². The van der Waals surface area contributed by atoms with Crippen molar-refractivity contribution in [3.63, 3.8) is 0 Å². The van der Waals surface area contributed by atoms with Gasteiger partial charge in [-0.1, -0.05) is 13.8 Å². The van der Waals surface area contributed by atoms with Crippen LogP contribution < -0.4 is 0 Å². The van der Waals surface area contributed by atoms with Crippen LogP contribution >= 0.6 is 0 Å². The van der Waals surface area contributed by atoms with Gasteiger partial charge in [0.05, 0.1) is 12.0 Å². The van der Waals surface area contributed by atoms with E-state index in [1.54, 1.807) is 0 Å². The summed E-state index contributed by atoms with van der Waals surface area (Å²) in [6, 6.07) is 2.48. The molecule has 2 fully saturated rings. The standard InChI is InChI=1S/C10H15N/c1-6-3-8-4-9(6)10(5-11)7(8)2/h6-10H,3-4H2,1-2H3/t6-,7+,8+,9-,10-/m0/s1. The van der Waals surface area contributed by atoms with Gasteiger partial charge in [-0.3, -0.25) is 0 Å². The Balaban J connectivity index is 2.21. The quantitative estimate of drug-likeness (QED) is 0.519. The molecule has 0 aromatic heterocycles. The Bertz CT molecular complexity index is 203. The number of hydrogen-bond acceptors (Lipinski definition) is 1. The van der Waals surface area contributed by atoms with Gasteiger partial charge in [0.1, 0.15) is 0 Å². The molecule has 2 aliphatic rings. The number of nitriles is 1. The molecule has 0 radical (unpaired) electrons. The van der Waals surface area contributed by atoms with Gasteiger partial charge in [-0.15, -0.1) is 0 Å². The van der Waals surface area contributed by atoms with Crippen molar-refractivity contribution in [3.8, 4) is 6.07 Å². The first-order valence-corrected chi connectivity index (χ1v) is 4.63. The Morgan fingerprint density at radius 3 is 2.45 bits per heavy atom. The van der Waals surface area contributed by atoms with Gasteiger partial charge >= 0.3 is 0 Å². The van der Waals surface area contributed by atoms with Crippen LogP contribution in [-0.4, -0.2) is 0 Å². The molecule has 5 atom stereocenters. The molecular weight excluding hydrogens is 134 g/mol. The Labute approximate surface area is 68.4 Å². The third-order valence-electron chi connectivity index (χ3n) is 3.90. The number of nitrogens with zero attached hydrogens (tertiary/aromatic N) is 1. The van der Waals surface area contributed by atoms with Crippen LogP contribution in [0, 0.1) is 40.9 Å². The highest BCUT2D eigenvalue weighted by atomic mass is 14.5. The summed E-state index contributed by atoms with van der Waals surface area (Å²) >= 11 is 0. The zero-order valence-corrected chi connectivity index (χ0v) is 7.25. The molecule has 1 heteroatoms. The highest BCUT2D eigenvalue weighted by molar-refractivity contribution is 5.05. The van der Waals surface area contributed by atoms with Crippen LogP contribution in [-0.2, 0) is 0 Å². The summed E-state index contributed by atoms with van der Waals surface area (Å²) in [7, 11) is 0. The van der Waals surface area contributed by atoms with E-state index < -0.39 is 0 Å². The smallest absolute Gasteiger partial charge is 0.0661 e. The molecule has 2 bridgehead atoms. The predicted molar refractivity (Wildman–Crippen MR) is 43.6 cm³/mol. The number of rotatable bonds is 0. The monoisotopic (exact) mass is 149 g/mol. The fourth-order valence-corrected chi connectivity index (χ4v) is 3.16. The summed E-state index contributed by atoms with van der Waals surface area (Å²) < 4.78 is 0. The van der Waals surface area contributed by atoms with E-state index in [2.05, 4.69) is 19.9 Å². The predicted octanol–water partition coefficient (Wildman–Crippen LogP) is 2.44. The minimum Gasteiger partial charge on any atom is -0.198 e. The molecule has 0 aromatic carbocycles. The maximum absolute atomic E-state index is 8.93. The molecule has 1 nitrogen and oxygen atoms in total. The molecule has 2 rings (SSSR count). The van der Waals surface area contributed by atoms with Gasteiger partial charge in [0, 0.05) is 0 Å². The first kappa shape index (κ1) is 7.16.